The summed E-state index contributed by atoms with van der Waals surface area (Å²) in [6.07, 6.45) is 5.66. The van der Waals surface area contributed by atoms with Gasteiger partial charge in [0, 0.05) is 32.8 Å². The predicted octanol–water partition coefficient (Wildman–Crippen LogP) is 0.744. The Bertz CT molecular complexity index is 303. The monoisotopic (exact) mass is 283 g/mol. The average Bonchev–Trinajstić information content (AvgIpc) is 2.95. The van der Waals surface area contributed by atoms with Gasteiger partial charge in [-0.3, -0.25) is 4.79 Å². The van der Waals surface area contributed by atoms with Crippen LogP contribution in [0.25, 0.3) is 0 Å². The fraction of sp³-hybridized carbons (Fsp3) is 0.933. The first-order valence-electron chi connectivity index (χ1n) is 8.01. The summed E-state index contributed by atoms with van der Waals surface area (Å²) in [5.74, 6) is 0.150. The van der Waals surface area contributed by atoms with E-state index in [0.717, 1.165) is 38.9 Å². The Morgan fingerprint density at radius 1 is 1.40 bits per heavy atom. The Morgan fingerprint density at radius 3 is 2.75 bits per heavy atom. The number of ether oxygens (including phenoxy) is 1. The van der Waals surface area contributed by atoms with Crippen LogP contribution in [0.5, 0.6) is 0 Å². The molecule has 0 aliphatic carbocycles. The minimum absolute atomic E-state index is 0.0712. The van der Waals surface area contributed by atoms with Gasteiger partial charge in [-0.2, -0.15) is 0 Å². The first-order valence-corrected chi connectivity index (χ1v) is 8.01. The summed E-state index contributed by atoms with van der Waals surface area (Å²) in [7, 11) is 1.71. The van der Waals surface area contributed by atoms with E-state index in [1.54, 1.807) is 7.11 Å². The van der Waals surface area contributed by atoms with Gasteiger partial charge < -0.3 is 20.3 Å². The molecule has 0 saturated carbocycles. The fourth-order valence-electron chi connectivity index (χ4n) is 3.07. The first-order chi connectivity index (χ1) is 9.72. The molecular weight excluding hydrogens is 254 g/mol. The van der Waals surface area contributed by atoms with Crippen LogP contribution in [0.3, 0.4) is 0 Å². The standard InChI is InChI=1S/C15H29N3O2/c1-3-4-7-18-8-5-12(6-9-18)17-15(19)14-10-13(20-2)11-16-14/h12-14,16H,3-11H2,1-2H3,(H,17,19). The lowest BCUT2D eigenvalue weighted by Gasteiger charge is -2.32. The molecule has 0 aromatic carbocycles. The maximum Gasteiger partial charge on any atom is 0.237 e. The number of rotatable bonds is 6. The molecule has 5 heteroatoms. The molecule has 2 aliphatic rings. The number of carbonyl (C=O) groups is 1. The highest BCUT2D eigenvalue weighted by molar-refractivity contribution is 5.82. The average molecular weight is 283 g/mol. The molecule has 0 radical (unpaired) electrons. The molecule has 2 heterocycles. The molecule has 2 fully saturated rings. The molecule has 0 spiro atoms. The lowest BCUT2D eigenvalue weighted by molar-refractivity contribution is -0.124. The maximum atomic E-state index is 12.2. The quantitative estimate of drug-likeness (QED) is 0.755. The van der Waals surface area contributed by atoms with Crippen LogP contribution in [-0.2, 0) is 9.53 Å². The van der Waals surface area contributed by atoms with Crippen molar-refractivity contribution in [3.8, 4) is 0 Å². The molecule has 0 aromatic rings. The fourth-order valence-corrected chi connectivity index (χ4v) is 3.07. The van der Waals surface area contributed by atoms with E-state index in [-0.39, 0.29) is 18.1 Å². The largest absolute Gasteiger partial charge is 0.380 e. The Labute approximate surface area is 122 Å². The summed E-state index contributed by atoms with van der Waals surface area (Å²) in [5, 5.41) is 6.43. The number of carbonyl (C=O) groups excluding carboxylic acids is 1. The van der Waals surface area contributed by atoms with E-state index in [1.165, 1.54) is 19.4 Å². The van der Waals surface area contributed by atoms with Gasteiger partial charge in [-0.15, -0.1) is 0 Å². The third kappa shape index (κ3) is 4.43. The molecule has 2 aliphatic heterocycles. The summed E-state index contributed by atoms with van der Waals surface area (Å²) < 4.78 is 5.28. The third-order valence-corrected chi connectivity index (χ3v) is 4.50. The van der Waals surface area contributed by atoms with Gasteiger partial charge in [0.25, 0.3) is 0 Å². The molecule has 0 aromatic heterocycles. The van der Waals surface area contributed by atoms with Crippen molar-refractivity contribution in [3.05, 3.63) is 0 Å². The molecule has 1 amide bonds. The van der Waals surface area contributed by atoms with Crippen molar-refractivity contribution in [2.45, 2.75) is 57.2 Å². The van der Waals surface area contributed by atoms with Crippen molar-refractivity contribution in [2.75, 3.05) is 33.3 Å². The summed E-state index contributed by atoms with van der Waals surface area (Å²) >= 11 is 0. The van der Waals surface area contributed by atoms with Gasteiger partial charge in [0.1, 0.15) is 0 Å². The second kappa shape index (κ2) is 7.96. The summed E-state index contributed by atoms with van der Waals surface area (Å²) in [4.78, 5) is 14.7. The summed E-state index contributed by atoms with van der Waals surface area (Å²) in [5.41, 5.74) is 0. The predicted molar refractivity (Wildman–Crippen MR) is 79.7 cm³/mol. The van der Waals surface area contributed by atoms with Crippen molar-refractivity contribution >= 4 is 5.91 Å². The van der Waals surface area contributed by atoms with Crippen molar-refractivity contribution in [1.82, 2.24) is 15.5 Å². The second-order valence-electron chi connectivity index (χ2n) is 6.03. The van der Waals surface area contributed by atoms with Crippen LogP contribution in [-0.4, -0.2) is 62.3 Å². The minimum atomic E-state index is -0.0712. The van der Waals surface area contributed by atoms with Gasteiger partial charge in [0.15, 0.2) is 0 Å². The molecule has 2 saturated heterocycles. The molecule has 2 rings (SSSR count). The van der Waals surface area contributed by atoms with E-state index >= 15 is 0 Å². The highest BCUT2D eigenvalue weighted by Crippen LogP contribution is 2.13. The number of piperidine rings is 1. The number of unbranched alkanes of at least 4 members (excludes halogenated alkanes) is 1. The van der Waals surface area contributed by atoms with Crippen molar-refractivity contribution in [2.24, 2.45) is 0 Å². The van der Waals surface area contributed by atoms with Gasteiger partial charge in [-0.25, -0.2) is 0 Å². The van der Waals surface area contributed by atoms with Gasteiger partial charge in [0.2, 0.25) is 5.91 Å². The number of likely N-dealkylation sites (tertiary alicyclic amines) is 1. The summed E-state index contributed by atoms with van der Waals surface area (Å²) in [6.45, 7) is 6.45. The van der Waals surface area contributed by atoms with Crippen LogP contribution in [0.1, 0.15) is 39.0 Å². The van der Waals surface area contributed by atoms with E-state index in [4.69, 9.17) is 4.74 Å². The third-order valence-electron chi connectivity index (χ3n) is 4.50. The van der Waals surface area contributed by atoms with Gasteiger partial charge in [0.05, 0.1) is 12.1 Å². The van der Waals surface area contributed by atoms with E-state index in [2.05, 4.69) is 22.5 Å². The normalized spacial score (nSPS) is 28.7. The van der Waals surface area contributed by atoms with E-state index in [0.29, 0.717) is 6.04 Å². The van der Waals surface area contributed by atoms with Crippen LogP contribution in [0.15, 0.2) is 0 Å². The van der Waals surface area contributed by atoms with E-state index < -0.39 is 0 Å². The zero-order valence-corrected chi connectivity index (χ0v) is 12.9. The van der Waals surface area contributed by atoms with Gasteiger partial charge >= 0.3 is 0 Å². The molecule has 5 nitrogen and oxygen atoms in total. The van der Waals surface area contributed by atoms with E-state index in [1.807, 2.05) is 0 Å². The number of nitrogens with one attached hydrogen (secondary N) is 2. The highest BCUT2D eigenvalue weighted by atomic mass is 16.5. The maximum absolute atomic E-state index is 12.2. The highest BCUT2D eigenvalue weighted by Gasteiger charge is 2.31. The Kier molecular flexibility index (Phi) is 6.26. The van der Waals surface area contributed by atoms with Gasteiger partial charge in [-0.1, -0.05) is 13.3 Å². The minimum Gasteiger partial charge on any atom is -0.380 e. The smallest absolute Gasteiger partial charge is 0.237 e. The van der Waals surface area contributed by atoms with Crippen LogP contribution in [0, 0.1) is 0 Å². The Balaban J connectivity index is 1.66. The SMILES string of the molecule is CCCCN1CCC(NC(=O)C2CC(OC)CN2)CC1. The van der Waals surface area contributed by atoms with Crippen LogP contribution in [0.2, 0.25) is 0 Å². The second-order valence-corrected chi connectivity index (χ2v) is 6.03. The number of nitrogens with zero attached hydrogens (tertiary/aromatic N) is 1. The van der Waals surface area contributed by atoms with Crippen molar-refractivity contribution in [1.29, 1.82) is 0 Å². The number of amides is 1. The van der Waals surface area contributed by atoms with Crippen molar-refractivity contribution < 1.29 is 9.53 Å². The Hall–Kier alpha value is -0.650. The van der Waals surface area contributed by atoms with E-state index in [9.17, 15) is 4.79 Å². The number of hydrogen-bond acceptors (Lipinski definition) is 4. The first kappa shape index (κ1) is 15.7. The molecule has 2 unspecified atom stereocenters. The van der Waals surface area contributed by atoms with Crippen LogP contribution in [0.4, 0.5) is 0 Å². The van der Waals surface area contributed by atoms with Crippen LogP contribution >= 0.6 is 0 Å². The topological polar surface area (TPSA) is 53.6 Å². The number of methoxy groups -OCH3 is 1. The number of hydrogen-bond donors (Lipinski definition) is 2. The molecule has 20 heavy (non-hydrogen) atoms. The Morgan fingerprint density at radius 2 is 2.15 bits per heavy atom. The molecule has 0 bridgehead atoms. The molecule has 2 N–H and O–H groups in total. The lowest BCUT2D eigenvalue weighted by Crippen LogP contribution is -2.49. The summed E-state index contributed by atoms with van der Waals surface area (Å²) in [6, 6.07) is 0.279. The molecule has 2 atom stereocenters. The van der Waals surface area contributed by atoms with Crippen molar-refractivity contribution in [3.63, 3.8) is 0 Å². The molecular formula is C15H29N3O2. The van der Waals surface area contributed by atoms with Gasteiger partial charge in [-0.05, 0) is 32.2 Å². The zero-order chi connectivity index (χ0) is 14.4. The zero-order valence-electron chi connectivity index (χ0n) is 12.9. The lowest BCUT2D eigenvalue weighted by atomic mass is 10.0. The molecule has 116 valence electrons. The van der Waals surface area contributed by atoms with Crippen LogP contribution < -0.4 is 10.6 Å².